The maximum Gasteiger partial charge on any atom is 0.244 e. The van der Waals surface area contributed by atoms with Gasteiger partial charge in [0.05, 0.1) is 11.1 Å². The van der Waals surface area contributed by atoms with Crippen LogP contribution in [-0.2, 0) is 15.0 Å². The van der Waals surface area contributed by atoms with Crippen molar-refractivity contribution < 1.29 is 14.3 Å². The van der Waals surface area contributed by atoms with Gasteiger partial charge in [0.2, 0.25) is 11.8 Å². The number of nitrogens with one attached hydrogen (secondary N) is 2. The monoisotopic (exact) mass is 383 g/mol. The van der Waals surface area contributed by atoms with Crippen molar-refractivity contribution in [2.24, 2.45) is 5.41 Å². The summed E-state index contributed by atoms with van der Waals surface area (Å²) < 4.78 is 6.05. The van der Waals surface area contributed by atoms with E-state index in [9.17, 15) is 9.59 Å². The second-order valence-corrected chi connectivity index (χ2v) is 8.70. The van der Waals surface area contributed by atoms with Gasteiger partial charge in [0, 0.05) is 34.8 Å². The van der Waals surface area contributed by atoms with E-state index in [-0.39, 0.29) is 17.1 Å². The van der Waals surface area contributed by atoms with Gasteiger partial charge < -0.3 is 10.1 Å². The second kappa shape index (κ2) is 5.01. The molecule has 1 spiro atoms. The number of anilines is 1. The summed E-state index contributed by atoms with van der Waals surface area (Å²) in [5, 5.41) is 10.6. The molecule has 0 saturated carbocycles. The molecule has 7 heteroatoms. The first kappa shape index (κ1) is 16.6. The molecule has 0 bridgehead atoms. The number of aryl methyl sites for hydroxylation is 1. The van der Waals surface area contributed by atoms with E-state index < -0.39 is 5.41 Å². The highest BCUT2D eigenvalue weighted by Gasteiger charge is 2.61. The normalized spacial score (nSPS) is 25.0. The molecule has 0 radical (unpaired) electrons. The summed E-state index contributed by atoms with van der Waals surface area (Å²) in [6.45, 7) is 5.88. The van der Waals surface area contributed by atoms with Crippen LogP contribution in [0.4, 0.5) is 5.69 Å². The van der Waals surface area contributed by atoms with Crippen LogP contribution in [0.1, 0.15) is 43.5 Å². The molecule has 1 aromatic carbocycles. The van der Waals surface area contributed by atoms with Crippen LogP contribution < -0.4 is 10.1 Å². The lowest BCUT2D eigenvalue weighted by atomic mass is 9.62. The molecule has 2 N–H and O–H groups in total. The average Bonchev–Trinajstić information content (AvgIpc) is 3.06. The standard InChI is InChI=1S/C20H18ClN3O3/c1-9-15-17(24-23-9)27-14-8-19(2,3)7-13(25)16(14)20(15)11-6-10(21)4-5-12(11)22-18(20)26/h4-6H,7-8H2,1-3H3,(H,22,26)(H,23,24). The number of nitrogens with zero attached hydrogens (tertiary/aromatic N) is 1. The molecule has 3 heterocycles. The molecule has 2 aromatic rings. The predicted octanol–water partition coefficient (Wildman–Crippen LogP) is 3.65. The molecule has 1 unspecified atom stereocenters. The molecule has 5 rings (SSSR count). The van der Waals surface area contributed by atoms with E-state index in [4.69, 9.17) is 16.3 Å². The van der Waals surface area contributed by atoms with E-state index in [1.54, 1.807) is 18.2 Å². The van der Waals surface area contributed by atoms with Gasteiger partial charge in [0.25, 0.3) is 0 Å². The van der Waals surface area contributed by atoms with Gasteiger partial charge in [-0.1, -0.05) is 25.4 Å². The van der Waals surface area contributed by atoms with E-state index in [0.29, 0.717) is 57.6 Å². The molecule has 0 fully saturated rings. The Kier molecular flexibility index (Phi) is 3.07. The highest BCUT2D eigenvalue weighted by Crippen LogP contribution is 2.58. The maximum atomic E-state index is 13.5. The van der Waals surface area contributed by atoms with Gasteiger partial charge in [-0.3, -0.25) is 14.7 Å². The highest BCUT2D eigenvalue weighted by atomic mass is 35.5. The Balaban J connectivity index is 1.91. The molecule has 0 saturated heterocycles. The molecule has 1 amide bonds. The Morgan fingerprint density at radius 1 is 1.22 bits per heavy atom. The number of rotatable bonds is 0. The van der Waals surface area contributed by atoms with Gasteiger partial charge in [0.15, 0.2) is 5.78 Å². The Bertz CT molecular complexity index is 1080. The van der Waals surface area contributed by atoms with E-state index in [1.165, 1.54) is 0 Å². The quantitative estimate of drug-likeness (QED) is 0.727. The fourth-order valence-corrected chi connectivity index (χ4v) is 4.88. The zero-order valence-corrected chi connectivity index (χ0v) is 16.0. The van der Waals surface area contributed by atoms with E-state index in [0.717, 1.165) is 0 Å². The van der Waals surface area contributed by atoms with E-state index in [2.05, 4.69) is 15.5 Å². The summed E-state index contributed by atoms with van der Waals surface area (Å²) in [6.07, 6.45) is 0.913. The van der Waals surface area contributed by atoms with Crippen molar-refractivity contribution in [1.29, 1.82) is 0 Å². The molecule has 6 nitrogen and oxygen atoms in total. The molecular weight excluding hydrogens is 366 g/mol. The second-order valence-electron chi connectivity index (χ2n) is 8.26. The summed E-state index contributed by atoms with van der Waals surface area (Å²) in [5.41, 5.74) is 1.50. The molecule has 1 aromatic heterocycles. The van der Waals surface area contributed by atoms with Crippen LogP contribution in [0.5, 0.6) is 5.88 Å². The molecule has 2 aliphatic heterocycles. The van der Waals surface area contributed by atoms with Crippen molar-refractivity contribution in [3.8, 4) is 5.88 Å². The number of carbonyl (C=O) groups is 2. The Morgan fingerprint density at radius 2 is 2.00 bits per heavy atom. The number of aromatic amines is 1. The van der Waals surface area contributed by atoms with Crippen LogP contribution in [-0.4, -0.2) is 21.9 Å². The number of ketones is 1. The minimum absolute atomic E-state index is 0.0736. The predicted molar refractivity (Wildman–Crippen MR) is 99.9 cm³/mol. The number of carbonyl (C=O) groups excluding carboxylic acids is 2. The maximum absolute atomic E-state index is 13.5. The zero-order valence-electron chi connectivity index (χ0n) is 15.2. The SMILES string of the molecule is Cc1[nH]nc2c1C1(C(=O)Nc3ccc(Cl)cc31)C1=C(CC(C)(C)CC1=O)O2. The number of ether oxygens (including phenoxy) is 1. The number of halogens is 1. The third-order valence-corrected chi connectivity index (χ3v) is 5.93. The number of fused-ring (bicyclic) bond motifs is 5. The summed E-state index contributed by atoms with van der Waals surface area (Å²) in [6, 6.07) is 5.25. The van der Waals surface area contributed by atoms with Gasteiger partial charge in [-0.2, -0.15) is 0 Å². The van der Waals surface area contributed by atoms with Crippen LogP contribution >= 0.6 is 11.6 Å². The van der Waals surface area contributed by atoms with Crippen molar-refractivity contribution in [2.45, 2.75) is 39.0 Å². The minimum Gasteiger partial charge on any atom is -0.441 e. The number of allylic oxidation sites excluding steroid dienone is 1. The smallest absolute Gasteiger partial charge is 0.244 e. The Labute approximate surface area is 160 Å². The molecule has 1 atom stereocenters. The van der Waals surface area contributed by atoms with Crippen LogP contribution in [0.2, 0.25) is 5.02 Å². The third kappa shape index (κ3) is 1.99. The Hall–Kier alpha value is -2.60. The van der Waals surface area contributed by atoms with Crippen LogP contribution in [0, 0.1) is 12.3 Å². The fraction of sp³-hybridized carbons (Fsp3) is 0.350. The number of benzene rings is 1. The van der Waals surface area contributed by atoms with Gasteiger partial charge in [-0.15, -0.1) is 5.10 Å². The number of hydrogen-bond acceptors (Lipinski definition) is 4. The van der Waals surface area contributed by atoms with E-state index in [1.807, 2.05) is 20.8 Å². The van der Waals surface area contributed by atoms with Crippen molar-refractivity contribution >= 4 is 29.0 Å². The number of aromatic nitrogens is 2. The fourth-order valence-electron chi connectivity index (χ4n) is 4.70. The van der Waals surface area contributed by atoms with Crippen molar-refractivity contribution in [1.82, 2.24) is 10.2 Å². The molecule has 3 aliphatic rings. The lowest BCUT2D eigenvalue weighted by molar-refractivity contribution is -0.124. The van der Waals surface area contributed by atoms with Crippen molar-refractivity contribution in [3.63, 3.8) is 0 Å². The summed E-state index contributed by atoms with van der Waals surface area (Å²) in [5.74, 6) is 0.530. The van der Waals surface area contributed by atoms with E-state index >= 15 is 0 Å². The number of Topliss-reactive ketones (excluding diaryl/α,β-unsaturated/α-hetero) is 1. The topological polar surface area (TPSA) is 84.1 Å². The highest BCUT2D eigenvalue weighted by molar-refractivity contribution is 6.31. The van der Waals surface area contributed by atoms with Gasteiger partial charge in [-0.05, 0) is 30.5 Å². The van der Waals surface area contributed by atoms with Crippen LogP contribution in [0.25, 0.3) is 0 Å². The van der Waals surface area contributed by atoms with Crippen molar-refractivity contribution in [2.75, 3.05) is 5.32 Å². The Morgan fingerprint density at radius 3 is 2.78 bits per heavy atom. The molecule has 1 aliphatic carbocycles. The zero-order chi connectivity index (χ0) is 19.1. The summed E-state index contributed by atoms with van der Waals surface area (Å²) in [4.78, 5) is 26.8. The molecule has 138 valence electrons. The van der Waals surface area contributed by atoms with Gasteiger partial charge >= 0.3 is 0 Å². The van der Waals surface area contributed by atoms with Crippen molar-refractivity contribution in [3.05, 3.63) is 51.4 Å². The molecule has 27 heavy (non-hydrogen) atoms. The lowest BCUT2D eigenvalue weighted by Crippen LogP contribution is -2.47. The third-order valence-electron chi connectivity index (χ3n) is 5.69. The van der Waals surface area contributed by atoms with Gasteiger partial charge in [0.1, 0.15) is 11.2 Å². The largest absolute Gasteiger partial charge is 0.441 e. The van der Waals surface area contributed by atoms with Crippen LogP contribution in [0.15, 0.2) is 29.5 Å². The summed E-state index contributed by atoms with van der Waals surface area (Å²) in [7, 11) is 0. The number of H-pyrrole nitrogens is 1. The first-order chi connectivity index (χ1) is 12.7. The summed E-state index contributed by atoms with van der Waals surface area (Å²) >= 11 is 6.28. The van der Waals surface area contributed by atoms with Crippen LogP contribution in [0.3, 0.4) is 0 Å². The molecular formula is C20H18ClN3O3. The lowest BCUT2D eigenvalue weighted by Gasteiger charge is -2.41. The average molecular weight is 384 g/mol. The van der Waals surface area contributed by atoms with Gasteiger partial charge in [-0.25, -0.2) is 0 Å². The number of hydrogen-bond donors (Lipinski definition) is 2. The minimum atomic E-state index is -1.28. The number of amides is 1. The first-order valence-electron chi connectivity index (χ1n) is 8.85. The first-order valence-corrected chi connectivity index (χ1v) is 9.23.